The number of nitrogens with zero attached hydrogens (tertiary/aromatic N) is 9. The van der Waals surface area contributed by atoms with Crippen LogP contribution in [0.2, 0.25) is 5.02 Å². The number of ether oxygens (including phenoxy) is 1. The lowest BCUT2D eigenvalue weighted by Gasteiger charge is -2.52. The maximum atomic E-state index is 17.2. The summed E-state index contributed by atoms with van der Waals surface area (Å²) >= 11 is 7.74. The number of aromatic nitrogens is 5. The van der Waals surface area contributed by atoms with Crippen LogP contribution in [0.5, 0.6) is 6.01 Å². The van der Waals surface area contributed by atoms with Crippen molar-refractivity contribution >= 4 is 60.8 Å². The first-order valence-electron chi connectivity index (χ1n) is 18.1. The summed E-state index contributed by atoms with van der Waals surface area (Å²) in [5.41, 5.74) is 4.56. The average molecular weight is 813 g/mol. The Bertz CT molecular complexity index is 2470. The molecule has 0 radical (unpaired) electrons. The molecule has 4 aliphatic rings. The van der Waals surface area contributed by atoms with E-state index in [2.05, 4.69) is 20.0 Å². The highest BCUT2D eigenvalue weighted by molar-refractivity contribution is 7.23. The number of anilines is 2. The van der Waals surface area contributed by atoms with Crippen molar-refractivity contribution in [3.63, 3.8) is 0 Å². The Morgan fingerprint density at radius 2 is 2.02 bits per heavy atom. The number of rotatable bonds is 9. The number of fused-ring (bicyclic) bond motifs is 3. The molecule has 1 aliphatic carbocycles. The fraction of sp³-hybridized carbons (Fsp3) is 0.459. The van der Waals surface area contributed by atoms with Crippen LogP contribution in [0.25, 0.3) is 32.1 Å². The summed E-state index contributed by atoms with van der Waals surface area (Å²) in [6.07, 6.45) is 1.87. The first-order chi connectivity index (χ1) is 26.9. The fourth-order valence-electron chi connectivity index (χ4n) is 9.26. The Morgan fingerprint density at radius 1 is 1.21 bits per heavy atom. The molecule has 4 fully saturated rings. The van der Waals surface area contributed by atoms with Gasteiger partial charge in [-0.2, -0.15) is 29.3 Å². The smallest absolute Gasteiger partial charge is 0.346 e. The summed E-state index contributed by atoms with van der Waals surface area (Å²) in [7, 11) is 1.72. The number of hydrogen-bond donors (Lipinski definition) is 1. The molecule has 9 rings (SSSR count). The van der Waals surface area contributed by atoms with Gasteiger partial charge >= 0.3 is 18.1 Å². The molecule has 4 atom stereocenters. The second kappa shape index (κ2) is 13.4. The van der Waals surface area contributed by atoms with Gasteiger partial charge in [-0.05, 0) is 49.9 Å². The number of thiophene rings is 1. The monoisotopic (exact) mass is 812 g/mol. The number of likely N-dealkylation sites (tertiary alicyclic amines) is 1. The van der Waals surface area contributed by atoms with Gasteiger partial charge in [-0.3, -0.25) is 9.29 Å². The molecular weight excluding hydrogens is 779 g/mol. The molecule has 2 N–H and O–H groups in total. The molecule has 6 heterocycles. The van der Waals surface area contributed by atoms with Gasteiger partial charge in [-0.15, -0.1) is 16.4 Å². The van der Waals surface area contributed by atoms with Gasteiger partial charge in [-0.25, -0.2) is 18.0 Å². The maximum absolute atomic E-state index is 17.2. The molecule has 1 amide bonds. The number of nitrogens with two attached hydrogens (primary N) is 1. The maximum Gasteiger partial charge on any atom is 0.346 e. The standard InChI is InChI=1S/C37H34ClF5N10O2S/c1-50(12-18-13-52(30(18)36(15-39)6-7-36)35(54)53-17-46-33(43)49-53)32-21-9-23(38)26(20-3-4-24(41)29-25(20)22(11-44)31(45)56-29)27(42)28(21)47-34(48-32)55-16-37-5-2-8-51(37)14-19(40)10-37/h3-4,9,17-19,30H,2,5-8,10,12-16,45H2,1H3/t18-,19-,30+,37+/m1/s1. The average Bonchev–Trinajstić information content (AvgIpc) is 3.40. The van der Waals surface area contributed by atoms with Crippen LogP contribution in [-0.4, -0.2) is 105 Å². The number of amides is 1. The van der Waals surface area contributed by atoms with Gasteiger partial charge in [0.05, 0.1) is 27.5 Å². The number of halogens is 6. The SMILES string of the molecule is CN(C[C@@H]1CN(C(=O)n2cnc(F)n2)[C@@H]1C1(CF)CC1)c1nc(OC[C@@]23CCCN2C[C@H](F)C3)nc2c(F)c(-c3ccc(F)c4sc(N)c(C#N)c34)c(Cl)cc12. The van der Waals surface area contributed by atoms with Crippen molar-refractivity contribution in [1.82, 2.24) is 34.5 Å². The van der Waals surface area contributed by atoms with Gasteiger partial charge in [0.25, 0.3) is 0 Å². The molecular formula is C37H34ClF5N10O2S. The summed E-state index contributed by atoms with van der Waals surface area (Å²) < 4.78 is 82.1. The van der Waals surface area contributed by atoms with Crippen molar-refractivity contribution < 1.29 is 31.5 Å². The number of alkyl halides is 2. The van der Waals surface area contributed by atoms with Crippen molar-refractivity contribution in [3.8, 4) is 23.2 Å². The Hall–Kier alpha value is -4.86. The summed E-state index contributed by atoms with van der Waals surface area (Å²) in [4.78, 5) is 31.3. The number of nitrogen functional groups attached to an aromatic ring is 1. The highest BCUT2D eigenvalue weighted by atomic mass is 35.5. The molecule has 3 aliphatic heterocycles. The van der Waals surface area contributed by atoms with E-state index in [1.165, 1.54) is 17.0 Å². The van der Waals surface area contributed by atoms with E-state index in [1.807, 2.05) is 6.07 Å². The fourth-order valence-corrected chi connectivity index (χ4v) is 10.5. The predicted octanol–water partition coefficient (Wildman–Crippen LogP) is 6.74. The number of carbonyl (C=O) groups is 1. The Labute approximate surface area is 325 Å². The van der Waals surface area contributed by atoms with Crippen LogP contribution in [-0.2, 0) is 0 Å². The van der Waals surface area contributed by atoms with Crippen LogP contribution in [0.4, 0.5) is 37.6 Å². The van der Waals surface area contributed by atoms with E-state index < -0.39 is 53.6 Å². The topological polar surface area (TPSA) is 142 Å². The van der Waals surface area contributed by atoms with Crippen LogP contribution < -0.4 is 15.4 Å². The molecule has 56 heavy (non-hydrogen) atoms. The van der Waals surface area contributed by atoms with Crippen molar-refractivity contribution in [2.45, 2.75) is 49.9 Å². The lowest BCUT2D eigenvalue weighted by molar-refractivity contribution is -0.00406. The molecule has 2 aromatic carbocycles. The third kappa shape index (κ3) is 5.72. The van der Waals surface area contributed by atoms with E-state index in [0.717, 1.165) is 41.4 Å². The zero-order valence-electron chi connectivity index (χ0n) is 29.9. The van der Waals surface area contributed by atoms with Gasteiger partial charge in [-0.1, -0.05) is 17.7 Å². The second-order valence-electron chi connectivity index (χ2n) is 15.4. The van der Waals surface area contributed by atoms with Gasteiger partial charge in [0.15, 0.2) is 5.82 Å². The van der Waals surface area contributed by atoms with Gasteiger partial charge < -0.3 is 20.3 Å². The Morgan fingerprint density at radius 3 is 2.73 bits per heavy atom. The van der Waals surface area contributed by atoms with Crippen molar-refractivity contribution in [1.29, 1.82) is 5.26 Å². The van der Waals surface area contributed by atoms with Gasteiger partial charge in [0, 0.05) is 66.8 Å². The molecule has 0 bridgehead atoms. The Kier molecular flexibility index (Phi) is 8.78. The highest BCUT2D eigenvalue weighted by Crippen LogP contribution is 2.56. The predicted molar refractivity (Wildman–Crippen MR) is 199 cm³/mol. The van der Waals surface area contributed by atoms with E-state index in [-0.39, 0.29) is 91.6 Å². The Balaban J connectivity index is 1.12. The van der Waals surface area contributed by atoms with Crippen molar-refractivity contribution in [2.75, 3.05) is 57.1 Å². The summed E-state index contributed by atoms with van der Waals surface area (Å²) in [6, 6.07) is 4.63. The minimum absolute atomic E-state index is 0.0106. The number of hydrogen-bond acceptors (Lipinski definition) is 11. The minimum Gasteiger partial charge on any atom is -0.461 e. The molecule has 19 heteroatoms. The zero-order chi connectivity index (χ0) is 39.3. The summed E-state index contributed by atoms with van der Waals surface area (Å²) in [6.45, 7) is 0.844. The summed E-state index contributed by atoms with van der Waals surface area (Å²) in [5.74, 6) is -1.57. The van der Waals surface area contributed by atoms with Crippen molar-refractivity contribution in [3.05, 3.63) is 52.8 Å². The second-order valence-corrected chi connectivity index (χ2v) is 16.8. The van der Waals surface area contributed by atoms with Gasteiger partial charge in [0.1, 0.15) is 47.3 Å². The van der Waals surface area contributed by atoms with E-state index >= 15 is 4.39 Å². The lowest BCUT2D eigenvalue weighted by Crippen LogP contribution is -2.66. The van der Waals surface area contributed by atoms with Crippen LogP contribution in [0.1, 0.15) is 37.7 Å². The van der Waals surface area contributed by atoms with E-state index in [9.17, 15) is 27.6 Å². The first-order valence-corrected chi connectivity index (χ1v) is 19.3. The quantitative estimate of drug-likeness (QED) is 0.159. The molecule has 0 spiro atoms. The van der Waals surface area contributed by atoms with E-state index in [1.54, 1.807) is 11.9 Å². The number of nitriles is 1. The molecule has 5 aromatic rings. The third-order valence-electron chi connectivity index (χ3n) is 12.0. The largest absolute Gasteiger partial charge is 0.461 e. The first kappa shape index (κ1) is 36.8. The van der Waals surface area contributed by atoms with Crippen LogP contribution >= 0.6 is 22.9 Å². The highest BCUT2D eigenvalue weighted by Gasteiger charge is 2.61. The zero-order valence-corrected chi connectivity index (χ0v) is 31.5. The summed E-state index contributed by atoms with van der Waals surface area (Å²) in [5, 5.41) is 13.7. The van der Waals surface area contributed by atoms with Crippen molar-refractivity contribution in [2.24, 2.45) is 11.3 Å². The third-order valence-corrected chi connectivity index (χ3v) is 13.4. The van der Waals surface area contributed by atoms with E-state index in [0.29, 0.717) is 25.8 Å². The molecule has 3 saturated heterocycles. The molecule has 1 saturated carbocycles. The number of carbonyl (C=O) groups excluding carboxylic acids is 1. The van der Waals surface area contributed by atoms with Crippen LogP contribution in [0.15, 0.2) is 24.5 Å². The minimum atomic E-state index is -1.06. The molecule has 0 unspecified atom stereocenters. The van der Waals surface area contributed by atoms with Crippen LogP contribution in [0.3, 0.4) is 0 Å². The lowest BCUT2D eigenvalue weighted by atomic mass is 9.77. The van der Waals surface area contributed by atoms with E-state index in [4.69, 9.17) is 27.1 Å². The molecule has 3 aromatic heterocycles. The van der Waals surface area contributed by atoms with Gasteiger partial charge in [0.2, 0.25) is 0 Å². The van der Waals surface area contributed by atoms with Crippen LogP contribution in [0, 0.1) is 40.4 Å². The normalized spacial score (nSPS) is 24.0. The molecule has 292 valence electrons. The molecule has 12 nitrogen and oxygen atoms in total. The number of benzene rings is 2.